The fourth-order valence-electron chi connectivity index (χ4n) is 3.10. The molecule has 0 aliphatic heterocycles. The number of hydrogen-bond acceptors (Lipinski definition) is 5. The van der Waals surface area contributed by atoms with Crippen LogP contribution in [0.1, 0.15) is 32.0 Å². The number of aliphatic hydroxyl groups is 1. The first-order valence-electron chi connectivity index (χ1n) is 9.42. The summed E-state index contributed by atoms with van der Waals surface area (Å²) in [7, 11) is 0. The summed E-state index contributed by atoms with van der Waals surface area (Å²) >= 11 is 0. The van der Waals surface area contributed by atoms with E-state index in [0.29, 0.717) is 5.69 Å². The molecule has 0 aliphatic rings. The maximum Gasteiger partial charge on any atom is 0.356 e. The summed E-state index contributed by atoms with van der Waals surface area (Å²) in [4.78, 5) is 35.3. The predicted molar refractivity (Wildman–Crippen MR) is 110 cm³/mol. The van der Waals surface area contributed by atoms with E-state index in [2.05, 4.69) is 10.4 Å². The number of aromatic nitrogens is 2. The van der Waals surface area contributed by atoms with Crippen molar-refractivity contribution in [1.82, 2.24) is 15.1 Å². The van der Waals surface area contributed by atoms with E-state index in [1.54, 1.807) is 43.3 Å². The first kappa shape index (κ1) is 21.7. The van der Waals surface area contributed by atoms with Gasteiger partial charge in [-0.2, -0.15) is 5.10 Å². The molecule has 2 atom stereocenters. The van der Waals surface area contributed by atoms with E-state index < -0.39 is 30.0 Å². The summed E-state index contributed by atoms with van der Waals surface area (Å²) in [5.41, 5.74) is 2.09. The van der Waals surface area contributed by atoms with Gasteiger partial charge in [-0.25, -0.2) is 14.3 Å². The Morgan fingerprint density at radius 1 is 1.06 bits per heavy atom. The number of aryl methyl sites for hydroxylation is 1. The standard InChI is InChI=1S/C22H21N3O6/c1-13-7-8-15(12-18(13)25-10-9-16(24-25)21(28)29)20(27)23-17(19(26)22(30)31)11-14-5-3-2-4-6-14/h2-10,12,17,19,26H,11H2,1H3,(H,23,27)(H,28,29)(H,30,31)/t17-,19-/m1/s1. The van der Waals surface area contributed by atoms with Crippen molar-refractivity contribution in [2.24, 2.45) is 0 Å². The summed E-state index contributed by atoms with van der Waals surface area (Å²) in [6.07, 6.45) is -0.196. The van der Waals surface area contributed by atoms with Crippen molar-refractivity contribution in [2.45, 2.75) is 25.5 Å². The van der Waals surface area contributed by atoms with E-state index in [9.17, 15) is 24.6 Å². The van der Waals surface area contributed by atoms with Gasteiger partial charge < -0.3 is 20.6 Å². The van der Waals surface area contributed by atoms with Gasteiger partial charge in [-0.3, -0.25) is 4.79 Å². The van der Waals surface area contributed by atoms with Gasteiger partial charge in [0, 0.05) is 11.8 Å². The van der Waals surface area contributed by atoms with Crippen LogP contribution in [0.5, 0.6) is 0 Å². The molecule has 3 aromatic rings. The minimum atomic E-state index is -1.79. The largest absolute Gasteiger partial charge is 0.479 e. The molecular weight excluding hydrogens is 402 g/mol. The van der Waals surface area contributed by atoms with Gasteiger partial charge in [0.15, 0.2) is 11.8 Å². The number of aromatic carboxylic acids is 1. The molecule has 0 saturated carbocycles. The van der Waals surface area contributed by atoms with Crippen LogP contribution in [-0.2, 0) is 11.2 Å². The van der Waals surface area contributed by atoms with Crippen LogP contribution in [0.3, 0.4) is 0 Å². The lowest BCUT2D eigenvalue weighted by Gasteiger charge is -2.22. The third-order valence-electron chi connectivity index (χ3n) is 4.78. The molecule has 1 aromatic heterocycles. The second kappa shape index (κ2) is 9.23. The third kappa shape index (κ3) is 5.14. The molecule has 0 radical (unpaired) electrons. The van der Waals surface area contributed by atoms with Crippen molar-refractivity contribution < 1.29 is 29.7 Å². The van der Waals surface area contributed by atoms with Crippen LogP contribution < -0.4 is 5.32 Å². The normalized spacial score (nSPS) is 12.7. The van der Waals surface area contributed by atoms with Crippen LogP contribution >= 0.6 is 0 Å². The Morgan fingerprint density at radius 3 is 2.39 bits per heavy atom. The lowest BCUT2D eigenvalue weighted by Crippen LogP contribution is -2.48. The Bertz CT molecular complexity index is 1110. The number of hydrogen-bond donors (Lipinski definition) is 4. The molecule has 0 unspecified atom stereocenters. The van der Waals surface area contributed by atoms with E-state index >= 15 is 0 Å². The predicted octanol–water partition coefficient (Wildman–Crippen LogP) is 1.67. The van der Waals surface area contributed by atoms with Gasteiger partial charge in [-0.05, 0) is 42.7 Å². The van der Waals surface area contributed by atoms with Crippen LogP contribution in [0.25, 0.3) is 5.69 Å². The van der Waals surface area contributed by atoms with E-state index in [4.69, 9.17) is 5.11 Å². The molecular formula is C22H21N3O6. The van der Waals surface area contributed by atoms with E-state index in [0.717, 1.165) is 11.1 Å². The third-order valence-corrected chi connectivity index (χ3v) is 4.78. The van der Waals surface area contributed by atoms with Crippen molar-refractivity contribution in [1.29, 1.82) is 0 Å². The van der Waals surface area contributed by atoms with Crippen molar-refractivity contribution in [3.8, 4) is 5.69 Å². The highest BCUT2D eigenvalue weighted by Gasteiger charge is 2.28. The number of nitrogens with zero attached hydrogens (tertiary/aromatic N) is 2. The molecule has 1 heterocycles. The summed E-state index contributed by atoms with van der Waals surface area (Å²) < 4.78 is 1.35. The minimum absolute atomic E-state index is 0.125. The van der Waals surface area contributed by atoms with Crippen LogP contribution in [0.2, 0.25) is 0 Å². The zero-order chi connectivity index (χ0) is 22.5. The highest BCUT2D eigenvalue weighted by molar-refractivity contribution is 5.95. The molecule has 2 aromatic carbocycles. The number of rotatable bonds is 8. The number of aliphatic hydroxyl groups excluding tert-OH is 1. The molecule has 0 aliphatic carbocycles. The Labute approximate surface area is 177 Å². The van der Waals surface area contributed by atoms with Gasteiger partial charge in [0.05, 0.1) is 11.7 Å². The molecule has 0 bridgehead atoms. The maximum absolute atomic E-state index is 12.8. The molecule has 9 nitrogen and oxygen atoms in total. The SMILES string of the molecule is Cc1ccc(C(=O)N[C@H](Cc2ccccc2)[C@@H](O)C(=O)O)cc1-n1ccc(C(=O)O)n1. The lowest BCUT2D eigenvalue weighted by molar-refractivity contribution is -0.148. The zero-order valence-corrected chi connectivity index (χ0v) is 16.6. The number of nitrogens with one attached hydrogen (secondary N) is 1. The molecule has 160 valence electrons. The molecule has 4 N–H and O–H groups in total. The average molecular weight is 423 g/mol. The quantitative estimate of drug-likeness (QED) is 0.432. The summed E-state index contributed by atoms with van der Waals surface area (Å²) in [5, 5.41) is 35.0. The van der Waals surface area contributed by atoms with Crippen LogP contribution in [0.15, 0.2) is 60.8 Å². The van der Waals surface area contributed by atoms with E-state index in [-0.39, 0.29) is 17.7 Å². The van der Waals surface area contributed by atoms with Crippen molar-refractivity contribution >= 4 is 17.8 Å². The van der Waals surface area contributed by atoms with Gasteiger partial charge in [-0.1, -0.05) is 36.4 Å². The first-order chi connectivity index (χ1) is 14.8. The molecule has 0 spiro atoms. The number of carbonyl (C=O) groups is 3. The fourth-order valence-corrected chi connectivity index (χ4v) is 3.10. The molecule has 3 rings (SSSR count). The smallest absolute Gasteiger partial charge is 0.356 e. The number of carboxylic acids is 2. The lowest BCUT2D eigenvalue weighted by atomic mass is 10.0. The number of aliphatic carboxylic acids is 1. The van der Waals surface area contributed by atoms with Crippen LogP contribution in [0.4, 0.5) is 0 Å². The second-order valence-corrected chi connectivity index (χ2v) is 7.00. The first-order valence-corrected chi connectivity index (χ1v) is 9.42. The number of carboxylic acid groups (broad SMARTS) is 2. The molecule has 31 heavy (non-hydrogen) atoms. The molecule has 0 fully saturated rings. The Kier molecular flexibility index (Phi) is 6.46. The topological polar surface area (TPSA) is 142 Å². The monoisotopic (exact) mass is 423 g/mol. The average Bonchev–Trinajstić information content (AvgIpc) is 3.24. The molecule has 9 heteroatoms. The zero-order valence-electron chi connectivity index (χ0n) is 16.6. The van der Waals surface area contributed by atoms with Gasteiger partial charge >= 0.3 is 11.9 Å². The minimum Gasteiger partial charge on any atom is -0.479 e. The van der Waals surface area contributed by atoms with Gasteiger partial charge in [0.2, 0.25) is 0 Å². The Morgan fingerprint density at radius 2 is 1.77 bits per heavy atom. The highest BCUT2D eigenvalue weighted by atomic mass is 16.4. The number of benzene rings is 2. The molecule has 1 amide bonds. The second-order valence-electron chi connectivity index (χ2n) is 7.00. The summed E-state index contributed by atoms with van der Waals surface area (Å²) in [6, 6.07) is 14.0. The molecule has 0 saturated heterocycles. The van der Waals surface area contributed by atoms with E-state index in [1.165, 1.54) is 23.0 Å². The number of carbonyl (C=O) groups excluding carboxylic acids is 1. The fraction of sp³-hybridized carbons (Fsp3) is 0.182. The van der Waals surface area contributed by atoms with E-state index in [1.807, 2.05) is 6.07 Å². The van der Waals surface area contributed by atoms with Gasteiger partial charge in [0.25, 0.3) is 5.91 Å². The maximum atomic E-state index is 12.8. The summed E-state index contributed by atoms with van der Waals surface area (Å²) in [5.74, 6) is -3.19. The van der Waals surface area contributed by atoms with Gasteiger partial charge in [-0.15, -0.1) is 0 Å². The van der Waals surface area contributed by atoms with Gasteiger partial charge in [0.1, 0.15) is 0 Å². The van der Waals surface area contributed by atoms with Crippen LogP contribution in [0, 0.1) is 6.92 Å². The Balaban J connectivity index is 1.86. The van der Waals surface area contributed by atoms with Crippen LogP contribution in [-0.4, -0.2) is 55.1 Å². The summed E-state index contributed by atoms with van der Waals surface area (Å²) in [6.45, 7) is 1.78. The van der Waals surface area contributed by atoms with Crippen molar-refractivity contribution in [3.05, 3.63) is 83.2 Å². The highest BCUT2D eigenvalue weighted by Crippen LogP contribution is 2.17. The number of amides is 1. The van der Waals surface area contributed by atoms with Crippen molar-refractivity contribution in [2.75, 3.05) is 0 Å². The van der Waals surface area contributed by atoms with Crippen molar-refractivity contribution in [3.63, 3.8) is 0 Å². The Hall–Kier alpha value is -3.98.